The predicted octanol–water partition coefficient (Wildman–Crippen LogP) is 4.95. The van der Waals surface area contributed by atoms with Crippen molar-refractivity contribution in [2.45, 2.75) is 40.0 Å². The fourth-order valence-corrected chi connectivity index (χ4v) is 4.70. The van der Waals surface area contributed by atoms with Gasteiger partial charge in [0.15, 0.2) is 17.3 Å². The summed E-state index contributed by atoms with van der Waals surface area (Å²) in [7, 11) is 0. The number of nitrogens with one attached hydrogen (secondary N) is 1. The number of hydrogen-bond donors (Lipinski definition) is 1. The Balaban J connectivity index is 1.84. The van der Waals surface area contributed by atoms with Gasteiger partial charge in [0.05, 0.1) is 23.2 Å². The number of carbonyl (C=O) groups excluding carboxylic acids is 1. The Morgan fingerprint density at radius 1 is 1.21 bits per heavy atom. The first kappa shape index (κ1) is 21.5. The highest BCUT2D eigenvalue weighted by Crippen LogP contribution is 2.42. The van der Waals surface area contributed by atoms with Crippen LogP contribution in [-0.4, -0.2) is 34.2 Å². The van der Waals surface area contributed by atoms with Gasteiger partial charge < -0.3 is 9.47 Å². The van der Waals surface area contributed by atoms with Gasteiger partial charge in [-0.2, -0.15) is 0 Å². The summed E-state index contributed by atoms with van der Waals surface area (Å²) in [5.74, 6) is 1.03. The van der Waals surface area contributed by atoms with Crippen molar-refractivity contribution in [3.8, 4) is 11.5 Å². The summed E-state index contributed by atoms with van der Waals surface area (Å²) in [4.78, 5) is 13.5. The number of hydrogen-bond acceptors (Lipinski definition) is 8. The number of ether oxygens (including phenoxy) is 2. The maximum absolute atomic E-state index is 12.9. The monoisotopic (exact) mass is 431 g/mol. The Morgan fingerprint density at radius 3 is 2.66 bits per heavy atom. The first-order chi connectivity index (χ1) is 13.9. The summed E-state index contributed by atoms with van der Waals surface area (Å²) >= 11 is 2.59. The first-order valence-electron chi connectivity index (χ1n) is 9.67. The molecule has 0 saturated carbocycles. The molecular formula is C21H25N3O3S2. The van der Waals surface area contributed by atoms with Crippen LogP contribution in [0.4, 0.5) is 0 Å². The molecule has 29 heavy (non-hydrogen) atoms. The summed E-state index contributed by atoms with van der Waals surface area (Å²) in [5.41, 5.74) is 0.834. The summed E-state index contributed by atoms with van der Waals surface area (Å²) in [5, 5.41) is 18.3. The average molecular weight is 432 g/mol. The Hall–Kier alpha value is -2.19. The number of allylic oxidation sites excluding steroid dienone is 1. The predicted molar refractivity (Wildman–Crippen MR) is 118 cm³/mol. The fourth-order valence-electron chi connectivity index (χ4n) is 2.75. The van der Waals surface area contributed by atoms with E-state index < -0.39 is 5.92 Å². The van der Waals surface area contributed by atoms with Gasteiger partial charge in [-0.3, -0.25) is 10.2 Å². The molecule has 1 aliphatic rings. The zero-order chi connectivity index (χ0) is 21.0. The van der Waals surface area contributed by atoms with Crippen LogP contribution in [0.15, 0.2) is 23.1 Å². The number of thioether (sulfide) groups is 1. The molecule has 2 heterocycles. The van der Waals surface area contributed by atoms with Gasteiger partial charge in [-0.05, 0) is 43.0 Å². The van der Waals surface area contributed by atoms with Gasteiger partial charge in [0.2, 0.25) is 0 Å². The smallest absolute Gasteiger partial charge is 0.186 e. The van der Waals surface area contributed by atoms with Gasteiger partial charge in [0.25, 0.3) is 0 Å². The lowest BCUT2D eigenvalue weighted by molar-refractivity contribution is -0.114. The molecule has 1 fully saturated rings. The Labute approximate surface area is 179 Å². The molecule has 3 rings (SSSR count). The zero-order valence-electron chi connectivity index (χ0n) is 17.0. The maximum Gasteiger partial charge on any atom is 0.186 e. The fraction of sp³-hybridized carbons (Fsp3) is 0.429. The molecule has 1 atom stereocenters. The molecular weight excluding hydrogens is 406 g/mol. The second-order valence-electron chi connectivity index (χ2n) is 7.00. The van der Waals surface area contributed by atoms with Crippen molar-refractivity contribution in [1.82, 2.24) is 10.2 Å². The van der Waals surface area contributed by atoms with Crippen LogP contribution in [-0.2, 0) is 11.2 Å². The molecule has 1 N–H and O–H groups in total. The summed E-state index contributed by atoms with van der Waals surface area (Å²) in [6, 6.07) is 5.64. The quantitative estimate of drug-likeness (QED) is 0.595. The van der Waals surface area contributed by atoms with E-state index in [1.165, 1.54) is 23.1 Å². The molecule has 0 spiro atoms. The number of aryl methyl sites for hydroxylation is 1. The highest BCUT2D eigenvalue weighted by Gasteiger charge is 2.39. The van der Waals surface area contributed by atoms with E-state index in [1.807, 2.05) is 32.0 Å². The average Bonchev–Trinajstić information content (AvgIpc) is 3.25. The van der Waals surface area contributed by atoms with Crippen LogP contribution in [0.1, 0.15) is 49.2 Å². The van der Waals surface area contributed by atoms with E-state index >= 15 is 0 Å². The van der Waals surface area contributed by atoms with E-state index in [-0.39, 0.29) is 5.78 Å². The number of carbonyl (C=O) groups is 1. The van der Waals surface area contributed by atoms with E-state index in [4.69, 9.17) is 14.9 Å². The lowest BCUT2D eigenvalue weighted by Crippen LogP contribution is -2.11. The minimum Gasteiger partial charge on any atom is -0.490 e. The van der Waals surface area contributed by atoms with Gasteiger partial charge in [-0.1, -0.05) is 38.6 Å². The standard InChI is InChI=1S/C21H25N3O3S2/c1-5-17-23-24-21(29-17)18-19(25)16(28-20(18)22)10-13-7-8-14(27-11-12(3)4)15(9-13)26-6-2/h7-10,12,18,22H,5-6,11H2,1-4H3. The van der Waals surface area contributed by atoms with Crippen LogP contribution >= 0.6 is 23.1 Å². The molecule has 1 saturated heterocycles. The Kier molecular flexibility index (Phi) is 7.08. The number of benzene rings is 1. The van der Waals surface area contributed by atoms with Crippen LogP contribution in [0.5, 0.6) is 11.5 Å². The highest BCUT2D eigenvalue weighted by molar-refractivity contribution is 8.19. The molecule has 1 unspecified atom stereocenters. The third-order valence-corrected chi connectivity index (χ3v) is 6.28. The Morgan fingerprint density at radius 2 is 2.00 bits per heavy atom. The molecule has 1 aromatic carbocycles. The number of rotatable bonds is 8. The highest BCUT2D eigenvalue weighted by atomic mass is 32.2. The minimum absolute atomic E-state index is 0.100. The summed E-state index contributed by atoms with van der Waals surface area (Å²) in [6.07, 6.45) is 2.57. The van der Waals surface area contributed by atoms with E-state index in [2.05, 4.69) is 24.0 Å². The lowest BCUT2D eigenvalue weighted by atomic mass is 10.0. The number of ketones is 1. The molecule has 154 valence electrons. The van der Waals surface area contributed by atoms with Gasteiger partial charge in [-0.15, -0.1) is 21.5 Å². The summed E-state index contributed by atoms with van der Waals surface area (Å²) in [6.45, 7) is 9.23. The van der Waals surface area contributed by atoms with E-state index in [0.717, 1.165) is 17.0 Å². The Bertz CT molecular complexity index is 937. The number of nitrogens with zero attached hydrogens (tertiary/aromatic N) is 2. The van der Waals surface area contributed by atoms with E-state index in [9.17, 15) is 4.79 Å². The SMILES string of the molecule is CCOc1cc(C=C2SC(=N)C(c3nnc(CC)s3)C2=O)ccc1OCC(C)C. The lowest BCUT2D eigenvalue weighted by Gasteiger charge is -2.14. The molecule has 8 heteroatoms. The van der Waals surface area contributed by atoms with Crippen LogP contribution in [0.2, 0.25) is 0 Å². The van der Waals surface area contributed by atoms with Crippen LogP contribution in [0.25, 0.3) is 6.08 Å². The molecule has 0 bridgehead atoms. The van der Waals surface area contributed by atoms with Gasteiger partial charge >= 0.3 is 0 Å². The zero-order valence-corrected chi connectivity index (χ0v) is 18.7. The number of Topliss-reactive ketones (excluding diaryl/α,β-unsaturated/α-hetero) is 1. The van der Waals surface area contributed by atoms with Gasteiger partial charge in [-0.25, -0.2) is 0 Å². The van der Waals surface area contributed by atoms with Crippen LogP contribution in [0.3, 0.4) is 0 Å². The van der Waals surface area contributed by atoms with Crippen molar-refractivity contribution in [2.24, 2.45) is 5.92 Å². The summed E-state index contributed by atoms with van der Waals surface area (Å²) < 4.78 is 11.6. The maximum atomic E-state index is 12.9. The number of aromatic nitrogens is 2. The molecule has 1 aromatic heterocycles. The molecule has 0 amide bonds. The minimum atomic E-state index is -0.635. The van der Waals surface area contributed by atoms with Crippen LogP contribution in [0, 0.1) is 11.3 Å². The largest absolute Gasteiger partial charge is 0.490 e. The molecule has 0 radical (unpaired) electrons. The van der Waals surface area contributed by atoms with Gasteiger partial charge in [0.1, 0.15) is 15.9 Å². The van der Waals surface area contributed by atoms with E-state index in [0.29, 0.717) is 45.6 Å². The van der Waals surface area contributed by atoms with Crippen molar-refractivity contribution >= 4 is 40.0 Å². The van der Waals surface area contributed by atoms with Crippen molar-refractivity contribution in [2.75, 3.05) is 13.2 Å². The molecule has 6 nitrogen and oxygen atoms in total. The van der Waals surface area contributed by atoms with Crippen molar-refractivity contribution in [1.29, 1.82) is 5.41 Å². The third-order valence-electron chi connectivity index (χ3n) is 4.16. The van der Waals surface area contributed by atoms with Crippen molar-refractivity contribution in [3.63, 3.8) is 0 Å². The molecule has 2 aromatic rings. The second kappa shape index (κ2) is 9.54. The van der Waals surface area contributed by atoms with Gasteiger partial charge in [0, 0.05) is 0 Å². The molecule has 0 aliphatic carbocycles. The van der Waals surface area contributed by atoms with Crippen LogP contribution < -0.4 is 9.47 Å². The molecule has 1 aliphatic heterocycles. The van der Waals surface area contributed by atoms with E-state index in [1.54, 1.807) is 6.08 Å². The second-order valence-corrected chi connectivity index (χ2v) is 9.18. The van der Waals surface area contributed by atoms with Crippen molar-refractivity contribution in [3.05, 3.63) is 38.7 Å². The third kappa shape index (κ3) is 5.05. The topological polar surface area (TPSA) is 85.2 Å². The van der Waals surface area contributed by atoms with Crippen molar-refractivity contribution < 1.29 is 14.3 Å². The first-order valence-corrected chi connectivity index (χ1v) is 11.3. The normalized spacial score (nSPS) is 18.1.